The van der Waals surface area contributed by atoms with Gasteiger partial charge in [0.25, 0.3) is 0 Å². The predicted molar refractivity (Wildman–Crippen MR) is 78.8 cm³/mol. The van der Waals surface area contributed by atoms with Crippen LogP contribution in [-0.4, -0.2) is 21.0 Å². The first-order valence-electron chi connectivity index (χ1n) is 4.92. The third kappa shape index (κ3) is 4.31. The zero-order valence-electron chi connectivity index (χ0n) is 9.39. The molecular formula is C11H9Cl3N2O2S. The Morgan fingerprint density at radius 2 is 1.95 bits per heavy atom. The lowest BCUT2D eigenvalue weighted by Crippen LogP contribution is -1.95. The number of aromatic amines is 1. The van der Waals surface area contributed by atoms with Gasteiger partial charge in [0.2, 0.25) is 0 Å². The number of hydrogen-bond acceptors (Lipinski definition) is 3. The van der Waals surface area contributed by atoms with E-state index in [4.69, 9.17) is 28.3 Å². The predicted octanol–water partition coefficient (Wildman–Crippen LogP) is 4.13. The Balaban J connectivity index is 0.00000180. The molecule has 1 aromatic heterocycles. The Bertz CT molecular complexity index is 552. The van der Waals surface area contributed by atoms with Gasteiger partial charge in [0.15, 0.2) is 10.3 Å². The minimum absolute atomic E-state index is 0. The smallest absolute Gasteiger partial charge is 0.335 e. The zero-order chi connectivity index (χ0) is 13.1. The number of hydrogen-bond donors (Lipinski definition) is 2. The van der Waals surface area contributed by atoms with Crippen molar-refractivity contribution in [1.82, 2.24) is 9.97 Å². The average Bonchev–Trinajstić information content (AvgIpc) is 2.67. The highest BCUT2D eigenvalue weighted by Gasteiger charge is 2.07. The Labute approximate surface area is 129 Å². The number of carboxylic acid groups (broad SMARTS) is 1. The number of rotatable bonds is 4. The molecule has 4 nitrogen and oxygen atoms in total. The summed E-state index contributed by atoms with van der Waals surface area (Å²) in [4.78, 5) is 17.5. The first-order chi connectivity index (χ1) is 8.56. The minimum atomic E-state index is -0.932. The Morgan fingerprint density at radius 1 is 1.32 bits per heavy atom. The molecule has 2 rings (SSSR count). The molecule has 8 heteroatoms. The van der Waals surface area contributed by atoms with Crippen LogP contribution in [-0.2, 0) is 5.75 Å². The van der Waals surface area contributed by atoms with Crippen LogP contribution in [0.1, 0.15) is 15.9 Å². The Morgan fingerprint density at radius 3 is 2.42 bits per heavy atom. The number of benzene rings is 1. The maximum atomic E-state index is 10.7. The monoisotopic (exact) mass is 338 g/mol. The van der Waals surface area contributed by atoms with Crippen LogP contribution in [0, 0.1) is 0 Å². The summed E-state index contributed by atoms with van der Waals surface area (Å²) in [5.74, 6) is -0.279. The van der Waals surface area contributed by atoms with Gasteiger partial charge in [0.1, 0.15) is 5.15 Å². The molecule has 0 saturated heterocycles. The largest absolute Gasteiger partial charge is 0.478 e. The van der Waals surface area contributed by atoms with Crippen molar-refractivity contribution in [2.45, 2.75) is 10.9 Å². The van der Waals surface area contributed by atoms with Crippen molar-refractivity contribution in [1.29, 1.82) is 0 Å². The summed E-state index contributed by atoms with van der Waals surface area (Å²) in [5.41, 5.74) is 1.27. The topological polar surface area (TPSA) is 66.0 Å². The van der Waals surface area contributed by atoms with Gasteiger partial charge in [-0.1, -0.05) is 47.1 Å². The Hall–Kier alpha value is -0.880. The number of thioether (sulfide) groups is 1. The van der Waals surface area contributed by atoms with E-state index in [1.54, 1.807) is 24.3 Å². The standard InChI is InChI=1S/C11H8Cl2N2O2S.ClH/c12-8-9(13)15-11(14-8)18-5-6-1-3-7(4-2-6)10(16)17;/h1-4H,5H2,(H,14,15)(H,16,17);1H. The number of imidazole rings is 1. The maximum Gasteiger partial charge on any atom is 0.335 e. The van der Waals surface area contributed by atoms with E-state index in [1.165, 1.54) is 11.8 Å². The van der Waals surface area contributed by atoms with Gasteiger partial charge in [-0.3, -0.25) is 0 Å². The molecule has 0 saturated carbocycles. The van der Waals surface area contributed by atoms with Crippen molar-refractivity contribution in [2.24, 2.45) is 0 Å². The number of nitrogens with one attached hydrogen (secondary N) is 1. The first kappa shape index (κ1) is 16.2. The molecule has 1 aromatic carbocycles. The third-order valence-corrected chi connectivity index (χ3v) is 3.76. The Kier molecular flexibility index (Phi) is 6.00. The van der Waals surface area contributed by atoms with Crippen LogP contribution in [0.15, 0.2) is 29.4 Å². The van der Waals surface area contributed by atoms with Gasteiger partial charge >= 0.3 is 5.97 Å². The van der Waals surface area contributed by atoms with Gasteiger partial charge in [-0.25, -0.2) is 9.78 Å². The normalized spacial score (nSPS) is 10.0. The van der Waals surface area contributed by atoms with Crippen molar-refractivity contribution in [3.63, 3.8) is 0 Å². The summed E-state index contributed by atoms with van der Waals surface area (Å²) in [6, 6.07) is 6.67. The zero-order valence-corrected chi connectivity index (χ0v) is 12.5. The number of aromatic nitrogens is 2. The quantitative estimate of drug-likeness (QED) is 0.822. The van der Waals surface area contributed by atoms with E-state index < -0.39 is 5.97 Å². The third-order valence-electron chi connectivity index (χ3n) is 2.17. The molecule has 1 heterocycles. The molecule has 0 spiro atoms. The van der Waals surface area contributed by atoms with Crippen molar-refractivity contribution >= 4 is 53.3 Å². The summed E-state index contributed by atoms with van der Waals surface area (Å²) in [6.07, 6.45) is 0. The van der Waals surface area contributed by atoms with Crippen LogP contribution < -0.4 is 0 Å². The molecule has 19 heavy (non-hydrogen) atoms. The van der Waals surface area contributed by atoms with Gasteiger partial charge in [0.05, 0.1) is 5.56 Å². The molecule has 0 fully saturated rings. The highest BCUT2D eigenvalue weighted by Crippen LogP contribution is 2.26. The van der Waals surface area contributed by atoms with Gasteiger partial charge in [-0.15, -0.1) is 12.4 Å². The fourth-order valence-corrected chi connectivity index (χ4v) is 2.47. The lowest BCUT2D eigenvalue weighted by molar-refractivity contribution is 0.0697. The summed E-state index contributed by atoms with van der Waals surface area (Å²) in [7, 11) is 0. The highest BCUT2D eigenvalue weighted by atomic mass is 35.5. The number of aromatic carboxylic acids is 1. The molecule has 0 bridgehead atoms. The molecule has 0 aliphatic rings. The molecule has 0 unspecified atom stereocenters. The van der Waals surface area contributed by atoms with E-state index >= 15 is 0 Å². The second-order valence-electron chi connectivity index (χ2n) is 3.44. The number of carboxylic acids is 1. The van der Waals surface area contributed by atoms with E-state index in [1.807, 2.05) is 0 Å². The SMILES string of the molecule is Cl.O=C(O)c1ccc(CSc2nc(Cl)c(Cl)[nH]2)cc1. The molecule has 0 radical (unpaired) electrons. The van der Waals surface area contributed by atoms with Gasteiger partial charge in [0, 0.05) is 5.75 Å². The lowest BCUT2D eigenvalue weighted by Gasteiger charge is -2.00. The fraction of sp³-hybridized carbons (Fsp3) is 0.0909. The van der Waals surface area contributed by atoms with Crippen molar-refractivity contribution in [3.05, 3.63) is 45.7 Å². The molecule has 2 aromatic rings. The van der Waals surface area contributed by atoms with Gasteiger partial charge < -0.3 is 10.1 Å². The van der Waals surface area contributed by atoms with E-state index in [0.717, 1.165) is 5.56 Å². The van der Waals surface area contributed by atoms with E-state index in [2.05, 4.69) is 9.97 Å². The maximum absolute atomic E-state index is 10.7. The first-order valence-corrected chi connectivity index (χ1v) is 6.66. The van der Waals surface area contributed by atoms with Crippen LogP contribution in [0.25, 0.3) is 0 Å². The molecular weight excluding hydrogens is 331 g/mol. The lowest BCUT2D eigenvalue weighted by atomic mass is 10.1. The summed E-state index contributed by atoms with van der Waals surface area (Å²) < 4.78 is 0. The summed E-state index contributed by atoms with van der Waals surface area (Å²) in [5, 5.41) is 9.97. The average molecular weight is 340 g/mol. The van der Waals surface area contributed by atoms with Crippen LogP contribution in [0.2, 0.25) is 10.3 Å². The second kappa shape index (κ2) is 7.05. The molecule has 102 valence electrons. The molecule has 0 amide bonds. The van der Waals surface area contributed by atoms with Crippen molar-refractivity contribution in [2.75, 3.05) is 0 Å². The molecule has 0 atom stereocenters. The highest BCUT2D eigenvalue weighted by molar-refractivity contribution is 7.98. The van der Waals surface area contributed by atoms with Crippen LogP contribution in [0.3, 0.4) is 0 Å². The molecule has 2 N–H and O–H groups in total. The van der Waals surface area contributed by atoms with E-state index in [-0.39, 0.29) is 23.1 Å². The van der Waals surface area contributed by atoms with Crippen molar-refractivity contribution < 1.29 is 9.90 Å². The minimum Gasteiger partial charge on any atom is -0.478 e. The van der Waals surface area contributed by atoms with Crippen LogP contribution >= 0.6 is 47.4 Å². The number of halogens is 3. The number of nitrogens with zero attached hydrogens (tertiary/aromatic N) is 1. The van der Waals surface area contributed by atoms with Crippen LogP contribution in [0.5, 0.6) is 0 Å². The van der Waals surface area contributed by atoms with Gasteiger partial charge in [-0.2, -0.15) is 0 Å². The number of H-pyrrole nitrogens is 1. The fourth-order valence-electron chi connectivity index (χ4n) is 1.28. The van der Waals surface area contributed by atoms with Crippen molar-refractivity contribution in [3.8, 4) is 0 Å². The van der Waals surface area contributed by atoms with Crippen LogP contribution in [0.4, 0.5) is 0 Å². The van der Waals surface area contributed by atoms with E-state index in [0.29, 0.717) is 16.1 Å². The number of carbonyl (C=O) groups is 1. The molecule has 0 aliphatic carbocycles. The summed E-state index contributed by atoms with van der Waals surface area (Å²) in [6.45, 7) is 0. The molecule has 0 aliphatic heterocycles. The summed E-state index contributed by atoms with van der Waals surface area (Å²) >= 11 is 12.9. The van der Waals surface area contributed by atoms with Gasteiger partial charge in [-0.05, 0) is 17.7 Å². The second-order valence-corrected chi connectivity index (χ2v) is 5.14. The van der Waals surface area contributed by atoms with E-state index in [9.17, 15) is 4.79 Å².